The van der Waals surface area contributed by atoms with E-state index in [0.29, 0.717) is 17.2 Å². The van der Waals surface area contributed by atoms with Gasteiger partial charge in [0.2, 0.25) is 0 Å². The molecule has 180 valence electrons. The number of rotatable bonds is 5. The summed E-state index contributed by atoms with van der Waals surface area (Å²) >= 11 is 1.62. The highest BCUT2D eigenvalue weighted by atomic mass is 32.1. The van der Waals surface area contributed by atoms with E-state index in [1.54, 1.807) is 11.3 Å². The van der Waals surface area contributed by atoms with Crippen LogP contribution < -0.4 is 10.1 Å². The number of thiazole rings is 1. The van der Waals surface area contributed by atoms with Crippen molar-refractivity contribution in [1.29, 1.82) is 5.26 Å². The molecular weight excluding hydrogens is 456 g/mol. The smallest absolute Gasteiger partial charge is 0.317 e. The Balaban J connectivity index is 1.37. The minimum atomic E-state index is 0.00659. The van der Waals surface area contributed by atoms with Crippen LogP contribution in [0.3, 0.4) is 0 Å². The molecule has 1 N–H and O–H groups in total. The Morgan fingerprint density at radius 3 is 2.89 bits per heavy atom. The van der Waals surface area contributed by atoms with Crippen molar-refractivity contribution < 1.29 is 9.53 Å². The first-order chi connectivity index (χ1) is 16.9. The Hall–Kier alpha value is -3.37. The molecule has 1 fully saturated rings. The molecule has 0 radical (unpaired) electrons. The summed E-state index contributed by atoms with van der Waals surface area (Å²) in [7, 11) is 0. The fourth-order valence-electron chi connectivity index (χ4n) is 5.03. The lowest BCUT2D eigenvalue weighted by molar-refractivity contribution is 0.203. The Morgan fingerprint density at radius 1 is 1.29 bits per heavy atom. The number of likely N-dealkylation sites (tertiary alicyclic amines) is 1. The number of hydrogen-bond donors (Lipinski definition) is 1. The summed E-state index contributed by atoms with van der Waals surface area (Å²) in [6.07, 6.45) is 4.84. The topological polar surface area (TPSA) is 78.2 Å². The van der Waals surface area contributed by atoms with E-state index >= 15 is 0 Å². The normalized spacial score (nSPS) is 19.0. The molecule has 6 nitrogen and oxygen atoms in total. The zero-order chi connectivity index (χ0) is 24.5. The molecule has 2 atom stereocenters. The standard InChI is InChI=1S/C28H30N4O2S/c1-17(2)34-25-10-7-19(13-20(25)14-29)27-30-15-26(35-27)23-6-4-5-22-21(23)8-9-24(22)31-28(33)32-12-11-18(3)16-32/h4-7,10,13,15,17-18,24H,8-9,11-12,16H2,1-3H3,(H,31,33)/t18-,24+/m0/s1. The van der Waals surface area contributed by atoms with Crippen molar-refractivity contribution in [3.05, 3.63) is 59.3 Å². The van der Waals surface area contributed by atoms with Gasteiger partial charge in [-0.05, 0) is 73.9 Å². The van der Waals surface area contributed by atoms with E-state index in [4.69, 9.17) is 4.74 Å². The zero-order valence-electron chi connectivity index (χ0n) is 20.4. The molecule has 35 heavy (non-hydrogen) atoms. The van der Waals surface area contributed by atoms with Gasteiger partial charge in [-0.15, -0.1) is 11.3 Å². The number of benzene rings is 2. The van der Waals surface area contributed by atoms with Crippen LogP contribution in [0.2, 0.25) is 0 Å². The molecule has 1 aliphatic carbocycles. The largest absolute Gasteiger partial charge is 0.490 e. The average Bonchev–Trinajstić information content (AvgIpc) is 3.59. The van der Waals surface area contributed by atoms with Crippen LogP contribution in [0.15, 0.2) is 42.6 Å². The van der Waals surface area contributed by atoms with Gasteiger partial charge in [-0.25, -0.2) is 9.78 Å². The van der Waals surface area contributed by atoms with Gasteiger partial charge in [0.1, 0.15) is 16.8 Å². The highest BCUT2D eigenvalue weighted by Crippen LogP contribution is 2.41. The van der Waals surface area contributed by atoms with Crippen LogP contribution in [0.5, 0.6) is 5.75 Å². The summed E-state index contributed by atoms with van der Waals surface area (Å²) in [5.74, 6) is 1.17. The van der Waals surface area contributed by atoms with Crippen LogP contribution in [-0.2, 0) is 6.42 Å². The van der Waals surface area contributed by atoms with Crippen molar-refractivity contribution in [3.63, 3.8) is 0 Å². The predicted molar refractivity (Wildman–Crippen MR) is 138 cm³/mol. The lowest BCUT2D eigenvalue weighted by Gasteiger charge is -2.21. The van der Waals surface area contributed by atoms with Crippen molar-refractivity contribution >= 4 is 17.4 Å². The lowest BCUT2D eigenvalue weighted by Crippen LogP contribution is -2.39. The third kappa shape index (κ3) is 4.76. The SMILES string of the molecule is CC(C)Oc1ccc(-c2ncc(-c3cccc4c3CC[C@H]4NC(=O)N3CC[C@H](C)C3)s2)cc1C#N. The molecule has 2 aliphatic rings. The average molecular weight is 487 g/mol. The number of urea groups is 1. The maximum absolute atomic E-state index is 12.8. The molecule has 2 aromatic carbocycles. The summed E-state index contributed by atoms with van der Waals surface area (Å²) in [6, 6.07) is 14.3. The molecule has 7 heteroatoms. The third-order valence-corrected chi connectivity index (χ3v) is 7.84. The van der Waals surface area contributed by atoms with Crippen LogP contribution in [0.1, 0.15) is 56.3 Å². The fourth-order valence-corrected chi connectivity index (χ4v) is 6.00. The highest BCUT2D eigenvalue weighted by molar-refractivity contribution is 7.18. The van der Waals surface area contributed by atoms with Crippen LogP contribution in [0, 0.1) is 17.2 Å². The molecule has 5 rings (SSSR count). The summed E-state index contributed by atoms with van der Waals surface area (Å²) in [5, 5.41) is 13.7. The Morgan fingerprint density at radius 2 is 2.14 bits per heavy atom. The number of hydrogen-bond acceptors (Lipinski definition) is 5. The van der Waals surface area contributed by atoms with E-state index in [2.05, 4.69) is 41.5 Å². The minimum Gasteiger partial charge on any atom is -0.490 e. The molecule has 1 aromatic heterocycles. The van der Waals surface area contributed by atoms with E-state index in [9.17, 15) is 10.1 Å². The fraction of sp³-hybridized carbons (Fsp3) is 0.393. The van der Waals surface area contributed by atoms with E-state index in [1.807, 2.05) is 43.1 Å². The van der Waals surface area contributed by atoms with Crippen molar-refractivity contribution in [2.24, 2.45) is 5.92 Å². The first-order valence-electron chi connectivity index (χ1n) is 12.3. The number of ether oxygens (including phenoxy) is 1. The first-order valence-corrected chi connectivity index (χ1v) is 13.1. The maximum atomic E-state index is 12.8. The van der Waals surface area contributed by atoms with E-state index < -0.39 is 0 Å². The second kappa shape index (κ2) is 9.71. The van der Waals surface area contributed by atoms with Crippen molar-refractivity contribution in [1.82, 2.24) is 15.2 Å². The quantitative estimate of drug-likeness (QED) is 0.467. The number of nitrogens with one attached hydrogen (secondary N) is 1. The van der Waals surface area contributed by atoms with Gasteiger partial charge in [0.15, 0.2) is 0 Å². The van der Waals surface area contributed by atoms with E-state index in [0.717, 1.165) is 47.8 Å². The van der Waals surface area contributed by atoms with Gasteiger partial charge in [-0.3, -0.25) is 0 Å². The number of carbonyl (C=O) groups excluding carboxylic acids is 1. The molecule has 3 aromatic rings. The molecule has 1 saturated heterocycles. The van der Waals surface area contributed by atoms with Crippen LogP contribution >= 0.6 is 11.3 Å². The van der Waals surface area contributed by atoms with Gasteiger partial charge in [0.25, 0.3) is 0 Å². The molecule has 2 amide bonds. The van der Waals surface area contributed by atoms with Crippen LogP contribution in [0.4, 0.5) is 4.79 Å². The summed E-state index contributed by atoms with van der Waals surface area (Å²) in [6.45, 7) is 7.77. The second-order valence-electron chi connectivity index (χ2n) is 9.77. The number of aromatic nitrogens is 1. The number of amides is 2. The number of carbonyl (C=O) groups is 1. The Labute approximate surface area is 210 Å². The number of fused-ring (bicyclic) bond motifs is 1. The molecule has 0 bridgehead atoms. The molecule has 0 unspecified atom stereocenters. The number of nitrogens with zero attached hydrogens (tertiary/aromatic N) is 3. The minimum absolute atomic E-state index is 0.00659. The monoisotopic (exact) mass is 486 g/mol. The van der Waals surface area contributed by atoms with Crippen molar-refractivity contribution in [2.75, 3.05) is 13.1 Å². The first kappa shape index (κ1) is 23.4. The highest BCUT2D eigenvalue weighted by Gasteiger charge is 2.30. The molecule has 2 heterocycles. The summed E-state index contributed by atoms with van der Waals surface area (Å²) in [4.78, 5) is 20.5. The molecule has 0 saturated carbocycles. The van der Waals surface area contributed by atoms with Gasteiger partial charge >= 0.3 is 6.03 Å². The zero-order valence-corrected chi connectivity index (χ0v) is 21.2. The Bertz CT molecular complexity index is 1290. The lowest BCUT2D eigenvalue weighted by atomic mass is 10.0. The van der Waals surface area contributed by atoms with E-state index in [1.165, 1.54) is 16.7 Å². The van der Waals surface area contributed by atoms with Gasteiger partial charge in [0.05, 0.1) is 22.6 Å². The predicted octanol–water partition coefficient (Wildman–Crippen LogP) is 6.17. The molecular formula is C28H30N4O2S. The van der Waals surface area contributed by atoms with Crippen molar-refractivity contribution in [2.45, 2.75) is 52.2 Å². The van der Waals surface area contributed by atoms with Gasteiger partial charge in [0, 0.05) is 24.8 Å². The van der Waals surface area contributed by atoms with Crippen molar-refractivity contribution in [3.8, 4) is 32.8 Å². The summed E-state index contributed by atoms with van der Waals surface area (Å²) < 4.78 is 5.75. The maximum Gasteiger partial charge on any atom is 0.317 e. The molecule has 1 aliphatic heterocycles. The van der Waals surface area contributed by atoms with Crippen LogP contribution in [-0.4, -0.2) is 35.1 Å². The van der Waals surface area contributed by atoms with E-state index in [-0.39, 0.29) is 18.2 Å². The second-order valence-corrected chi connectivity index (χ2v) is 10.8. The van der Waals surface area contributed by atoms with Gasteiger partial charge in [-0.1, -0.05) is 25.1 Å². The van der Waals surface area contributed by atoms with Gasteiger partial charge < -0.3 is 15.0 Å². The third-order valence-electron chi connectivity index (χ3n) is 6.76. The summed E-state index contributed by atoms with van der Waals surface area (Å²) in [5.41, 5.74) is 5.10. The number of nitriles is 1. The van der Waals surface area contributed by atoms with Gasteiger partial charge in [-0.2, -0.15) is 5.26 Å². The molecule has 0 spiro atoms. The Kier molecular flexibility index (Phi) is 6.48. The van der Waals surface area contributed by atoms with Crippen LogP contribution in [0.25, 0.3) is 21.0 Å².